The van der Waals surface area contributed by atoms with Gasteiger partial charge in [0.2, 0.25) is 17.7 Å². The van der Waals surface area contributed by atoms with Crippen molar-refractivity contribution in [2.24, 2.45) is 5.92 Å². The summed E-state index contributed by atoms with van der Waals surface area (Å²) in [6.45, 7) is 0.104. The number of nitrogens with one attached hydrogen (secondary N) is 1. The summed E-state index contributed by atoms with van der Waals surface area (Å²) in [6.07, 6.45) is 0.00114. The van der Waals surface area contributed by atoms with Crippen molar-refractivity contribution < 1.29 is 23.5 Å². The number of hydrogen-bond acceptors (Lipinski definition) is 5. The number of carbonyl (C=O) groups is 3. The fourth-order valence-electron chi connectivity index (χ4n) is 3.79. The summed E-state index contributed by atoms with van der Waals surface area (Å²) < 4.78 is 19.2. The molecule has 31 heavy (non-hydrogen) atoms. The number of halogens is 1. The number of para-hydroxylation sites is 1. The molecule has 4 rings (SSSR count). The van der Waals surface area contributed by atoms with Gasteiger partial charge in [-0.1, -0.05) is 12.1 Å². The molecule has 0 aliphatic carbocycles. The van der Waals surface area contributed by atoms with E-state index in [-0.39, 0.29) is 36.4 Å². The van der Waals surface area contributed by atoms with E-state index in [1.54, 1.807) is 43.5 Å². The number of thioether (sulfide) groups is 1. The van der Waals surface area contributed by atoms with Crippen LogP contribution < -0.4 is 15.0 Å². The molecule has 162 valence electrons. The van der Waals surface area contributed by atoms with Crippen LogP contribution in [0.1, 0.15) is 6.42 Å². The number of nitrogens with zero attached hydrogens (tertiary/aromatic N) is 2. The van der Waals surface area contributed by atoms with E-state index in [0.717, 1.165) is 0 Å². The number of ether oxygens (including phenoxy) is 1. The van der Waals surface area contributed by atoms with E-state index < -0.39 is 17.8 Å². The van der Waals surface area contributed by atoms with Crippen molar-refractivity contribution in [3.05, 3.63) is 54.3 Å². The predicted octanol–water partition coefficient (Wildman–Crippen LogP) is 2.73. The molecule has 2 heterocycles. The number of methoxy groups -OCH3 is 1. The van der Waals surface area contributed by atoms with E-state index in [0.29, 0.717) is 23.1 Å². The summed E-state index contributed by atoms with van der Waals surface area (Å²) in [5.74, 6) is -0.411. The maximum absolute atomic E-state index is 14.1. The van der Waals surface area contributed by atoms with Crippen LogP contribution in [-0.2, 0) is 14.4 Å². The van der Waals surface area contributed by atoms with Gasteiger partial charge in [-0.15, -0.1) is 11.8 Å². The monoisotopic (exact) mass is 443 g/mol. The summed E-state index contributed by atoms with van der Waals surface area (Å²) in [5.41, 5.74) is 0.782. The van der Waals surface area contributed by atoms with Gasteiger partial charge in [0.05, 0.1) is 24.6 Å². The van der Waals surface area contributed by atoms with Crippen LogP contribution in [0.5, 0.6) is 5.75 Å². The molecule has 2 atom stereocenters. The average molecular weight is 444 g/mol. The van der Waals surface area contributed by atoms with Crippen LogP contribution >= 0.6 is 11.8 Å². The van der Waals surface area contributed by atoms with Crippen LogP contribution in [0.25, 0.3) is 0 Å². The molecule has 3 amide bonds. The molecule has 2 aromatic rings. The molecule has 2 aliphatic rings. The topological polar surface area (TPSA) is 79.0 Å². The third kappa shape index (κ3) is 4.36. The molecule has 2 aromatic carbocycles. The summed E-state index contributed by atoms with van der Waals surface area (Å²) in [7, 11) is 1.56. The Morgan fingerprint density at radius 3 is 2.61 bits per heavy atom. The normalized spacial score (nSPS) is 20.8. The molecule has 0 aromatic heterocycles. The minimum atomic E-state index is -0.628. The standard InChI is InChI=1S/C22H22FN3O4S/c1-30-16-8-6-15(7-9-16)24-21(28)19-12-31-13-26(19)22(29)14-10-20(27)25(11-14)18-5-3-2-4-17(18)23/h2-9,14,19H,10-13H2,1H3,(H,24,28). The highest BCUT2D eigenvalue weighted by Crippen LogP contribution is 2.31. The first-order valence-electron chi connectivity index (χ1n) is 9.86. The van der Waals surface area contributed by atoms with Crippen molar-refractivity contribution in [1.82, 2.24) is 4.90 Å². The van der Waals surface area contributed by atoms with Crippen molar-refractivity contribution in [1.29, 1.82) is 0 Å². The van der Waals surface area contributed by atoms with Gasteiger partial charge in [0.15, 0.2) is 0 Å². The van der Waals surface area contributed by atoms with E-state index in [4.69, 9.17) is 4.74 Å². The van der Waals surface area contributed by atoms with Crippen LogP contribution in [-0.4, -0.2) is 53.9 Å². The van der Waals surface area contributed by atoms with Crippen molar-refractivity contribution in [2.45, 2.75) is 12.5 Å². The summed E-state index contributed by atoms with van der Waals surface area (Å²) >= 11 is 1.49. The lowest BCUT2D eigenvalue weighted by Crippen LogP contribution is -2.47. The SMILES string of the molecule is COc1ccc(NC(=O)C2CSCN2C(=O)C2CC(=O)N(c3ccccc3F)C2)cc1. The Hall–Kier alpha value is -3.07. The molecule has 2 saturated heterocycles. The van der Waals surface area contributed by atoms with Crippen LogP contribution in [0.4, 0.5) is 15.8 Å². The second kappa shape index (κ2) is 8.97. The Bertz CT molecular complexity index is 1000. The van der Waals surface area contributed by atoms with Gasteiger partial charge >= 0.3 is 0 Å². The number of anilines is 2. The molecule has 0 bridgehead atoms. The van der Waals surface area contributed by atoms with Gasteiger partial charge in [-0.2, -0.15) is 0 Å². The van der Waals surface area contributed by atoms with Crippen LogP contribution in [0.15, 0.2) is 48.5 Å². The highest BCUT2D eigenvalue weighted by Gasteiger charge is 2.42. The zero-order valence-corrected chi connectivity index (χ0v) is 17.7. The molecule has 0 spiro atoms. The zero-order valence-electron chi connectivity index (χ0n) is 16.9. The van der Waals surface area contributed by atoms with Gasteiger partial charge in [-0.3, -0.25) is 14.4 Å². The molecule has 2 fully saturated rings. The molecular weight excluding hydrogens is 421 g/mol. The van der Waals surface area contributed by atoms with Crippen LogP contribution in [0, 0.1) is 11.7 Å². The Labute approximate surface area is 183 Å². The lowest BCUT2D eigenvalue weighted by atomic mass is 10.1. The van der Waals surface area contributed by atoms with E-state index in [1.165, 1.54) is 33.7 Å². The molecule has 9 heteroatoms. The molecule has 2 unspecified atom stereocenters. The first-order chi connectivity index (χ1) is 15.0. The Balaban J connectivity index is 1.43. The average Bonchev–Trinajstić information content (AvgIpc) is 3.41. The van der Waals surface area contributed by atoms with Crippen LogP contribution in [0.3, 0.4) is 0 Å². The number of benzene rings is 2. The largest absolute Gasteiger partial charge is 0.497 e. The lowest BCUT2D eigenvalue weighted by Gasteiger charge is -2.26. The number of hydrogen-bond donors (Lipinski definition) is 1. The third-order valence-electron chi connectivity index (χ3n) is 5.44. The molecule has 0 saturated carbocycles. The van der Waals surface area contributed by atoms with Gasteiger partial charge in [0, 0.05) is 24.4 Å². The zero-order chi connectivity index (χ0) is 22.0. The molecule has 7 nitrogen and oxygen atoms in total. The van der Waals surface area contributed by atoms with Crippen molar-refractivity contribution in [2.75, 3.05) is 35.5 Å². The highest BCUT2D eigenvalue weighted by molar-refractivity contribution is 7.99. The van der Waals surface area contributed by atoms with Gasteiger partial charge in [0.25, 0.3) is 0 Å². The quantitative estimate of drug-likeness (QED) is 0.769. The minimum Gasteiger partial charge on any atom is -0.497 e. The fourth-order valence-corrected chi connectivity index (χ4v) is 4.95. The number of carbonyl (C=O) groups excluding carboxylic acids is 3. The maximum Gasteiger partial charge on any atom is 0.248 e. The van der Waals surface area contributed by atoms with Gasteiger partial charge in [-0.25, -0.2) is 4.39 Å². The maximum atomic E-state index is 14.1. The van der Waals surface area contributed by atoms with Crippen molar-refractivity contribution >= 4 is 40.9 Å². The summed E-state index contributed by atoms with van der Waals surface area (Å²) in [5, 5.41) is 2.83. The first kappa shape index (κ1) is 21.2. The molecule has 2 aliphatic heterocycles. The van der Waals surface area contributed by atoms with Crippen LogP contribution in [0.2, 0.25) is 0 Å². The van der Waals surface area contributed by atoms with Gasteiger partial charge in [-0.05, 0) is 36.4 Å². The van der Waals surface area contributed by atoms with Gasteiger partial charge < -0.3 is 19.9 Å². The third-order valence-corrected chi connectivity index (χ3v) is 6.46. The fraction of sp³-hybridized carbons (Fsp3) is 0.318. The number of amides is 3. The molecule has 1 N–H and O–H groups in total. The van der Waals surface area contributed by atoms with E-state index in [1.807, 2.05) is 0 Å². The summed E-state index contributed by atoms with van der Waals surface area (Å²) in [4.78, 5) is 41.3. The Kier molecular flexibility index (Phi) is 6.13. The highest BCUT2D eigenvalue weighted by atomic mass is 32.2. The van der Waals surface area contributed by atoms with E-state index in [9.17, 15) is 18.8 Å². The van der Waals surface area contributed by atoms with Crippen molar-refractivity contribution in [3.8, 4) is 5.75 Å². The molecule has 0 radical (unpaired) electrons. The Morgan fingerprint density at radius 1 is 1.16 bits per heavy atom. The second-order valence-corrected chi connectivity index (χ2v) is 8.40. The lowest BCUT2D eigenvalue weighted by molar-refractivity contribution is -0.139. The summed E-state index contributed by atoms with van der Waals surface area (Å²) in [6, 6.07) is 12.3. The van der Waals surface area contributed by atoms with Crippen molar-refractivity contribution in [3.63, 3.8) is 0 Å². The van der Waals surface area contributed by atoms with E-state index >= 15 is 0 Å². The Morgan fingerprint density at radius 2 is 1.90 bits per heavy atom. The second-order valence-electron chi connectivity index (χ2n) is 7.40. The van der Waals surface area contributed by atoms with Gasteiger partial charge in [0.1, 0.15) is 17.6 Å². The minimum absolute atomic E-state index is 0.00114. The first-order valence-corrected chi connectivity index (χ1v) is 11.0. The number of rotatable bonds is 5. The molecular formula is C22H22FN3O4S. The predicted molar refractivity (Wildman–Crippen MR) is 116 cm³/mol. The van der Waals surface area contributed by atoms with E-state index in [2.05, 4.69) is 5.32 Å². The smallest absolute Gasteiger partial charge is 0.248 e.